The van der Waals surface area contributed by atoms with E-state index in [1.807, 2.05) is 38.1 Å². The SMILES string of the molecule is COC(C)(C)c1nc(-c2ncn3c2c(=O)n(CCN2CCCC(O)C2)c2ccccc23)no1. The quantitative estimate of drug-likeness (QED) is 0.473. The number of aliphatic hydroxyl groups is 1. The van der Waals surface area contributed by atoms with Crippen molar-refractivity contribution < 1.29 is 14.4 Å². The topological polar surface area (TPSA) is 111 Å². The van der Waals surface area contributed by atoms with Crippen LogP contribution in [0.4, 0.5) is 0 Å². The van der Waals surface area contributed by atoms with E-state index in [1.165, 1.54) is 0 Å². The summed E-state index contributed by atoms with van der Waals surface area (Å²) in [5.41, 5.74) is 1.53. The molecule has 0 saturated carbocycles. The van der Waals surface area contributed by atoms with Gasteiger partial charge in [0.2, 0.25) is 5.82 Å². The lowest BCUT2D eigenvalue weighted by Gasteiger charge is -2.30. The average molecular weight is 453 g/mol. The van der Waals surface area contributed by atoms with Crippen LogP contribution in [0.15, 0.2) is 39.9 Å². The van der Waals surface area contributed by atoms with Crippen molar-refractivity contribution in [3.05, 3.63) is 46.8 Å². The van der Waals surface area contributed by atoms with Crippen molar-refractivity contribution in [2.45, 2.75) is 44.9 Å². The molecule has 1 N–H and O–H groups in total. The smallest absolute Gasteiger partial charge is 0.277 e. The molecule has 1 atom stereocenters. The summed E-state index contributed by atoms with van der Waals surface area (Å²) >= 11 is 0. The van der Waals surface area contributed by atoms with Crippen molar-refractivity contribution in [3.8, 4) is 11.5 Å². The van der Waals surface area contributed by atoms with Crippen LogP contribution >= 0.6 is 0 Å². The van der Waals surface area contributed by atoms with Crippen LogP contribution in [-0.2, 0) is 16.9 Å². The van der Waals surface area contributed by atoms with Crippen LogP contribution in [0.5, 0.6) is 0 Å². The third-order valence-corrected chi connectivity index (χ3v) is 6.43. The van der Waals surface area contributed by atoms with Crippen molar-refractivity contribution >= 4 is 16.6 Å². The summed E-state index contributed by atoms with van der Waals surface area (Å²) in [5.74, 6) is 0.557. The first kappa shape index (κ1) is 21.7. The molecular formula is C23H28N6O4. The molecule has 0 radical (unpaired) electrons. The van der Waals surface area contributed by atoms with E-state index in [0.717, 1.165) is 30.4 Å². The number of hydrogen-bond donors (Lipinski definition) is 1. The molecule has 33 heavy (non-hydrogen) atoms. The fourth-order valence-electron chi connectivity index (χ4n) is 4.38. The van der Waals surface area contributed by atoms with Gasteiger partial charge < -0.3 is 18.9 Å². The standard InChI is InChI=1S/C23H28N6O4/c1-23(2,32-3)22-25-20(26-33-22)18-19-21(31)28(12-11-27-10-6-7-15(30)13-27)16-8-4-5-9-17(16)29(19)14-24-18/h4-5,8-9,14-15,30H,6-7,10-13H2,1-3H3. The van der Waals surface area contributed by atoms with E-state index in [2.05, 4.69) is 20.0 Å². The summed E-state index contributed by atoms with van der Waals surface area (Å²) < 4.78 is 14.4. The Morgan fingerprint density at radius 1 is 1.24 bits per heavy atom. The van der Waals surface area contributed by atoms with Gasteiger partial charge in [0.25, 0.3) is 11.4 Å². The Balaban J connectivity index is 1.60. The molecule has 0 aliphatic carbocycles. The monoisotopic (exact) mass is 452 g/mol. The van der Waals surface area contributed by atoms with E-state index in [9.17, 15) is 9.90 Å². The lowest BCUT2D eigenvalue weighted by Crippen LogP contribution is -2.40. The number of likely N-dealkylation sites (tertiary alicyclic amines) is 1. The number of fused-ring (bicyclic) bond motifs is 3. The molecule has 1 aromatic carbocycles. The van der Waals surface area contributed by atoms with Crippen molar-refractivity contribution in [1.82, 2.24) is 29.0 Å². The molecule has 1 unspecified atom stereocenters. The van der Waals surface area contributed by atoms with Gasteiger partial charge in [-0.2, -0.15) is 4.98 Å². The van der Waals surface area contributed by atoms with Gasteiger partial charge in [0.1, 0.15) is 23.1 Å². The molecule has 1 aliphatic rings. The number of ether oxygens (including phenoxy) is 1. The summed E-state index contributed by atoms with van der Waals surface area (Å²) in [6.07, 6.45) is 3.11. The van der Waals surface area contributed by atoms with Crippen LogP contribution in [0.2, 0.25) is 0 Å². The highest BCUT2D eigenvalue weighted by atomic mass is 16.5. The zero-order valence-electron chi connectivity index (χ0n) is 19.1. The Labute approximate surface area is 190 Å². The van der Waals surface area contributed by atoms with Gasteiger partial charge in [0.05, 0.1) is 17.1 Å². The fraction of sp³-hybridized carbons (Fsp3) is 0.478. The molecule has 10 heteroatoms. The minimum Gasteiger partial charge on any atom is -0.392 e. The van der Waals surface area contributed by atoms with E-state index >= 15 is 0 Å². The molecule has 1 aliphatic heterocycles. The summed E-state index contributed by atoms with van der Waals surface area (Å²) in [6.45, 7) is 6.39. The van der Waals surface area contributed by atoms with E-state index in [-0.39, 0.29) is 17.5 Å². The van der Waals surface area contributed by atoms with Gasteiger partial charge in [-0.3, -0.25) is 14.1 Å². The molecule has 4 aromatic rings. The Bertz CT molecular complexity index is 1350. The van der Waals surface area contributed by atoms with Crippen LogP contribution < -0.4 is 5.56 Å². The van der Waals surface area contributed by atoms with Gasteiger partial charge in [-0.05, 0) is 45.4 Å². The second kappa shape index (κ2) is 8.36. The number of imidazole rings is 1. The predicted octanol–water partition coefficient (Wildman–Crippen LogP) is 2.04. The minimum absolute atomic E-state index is 0.170. The Morgan fingerprint density at radius 3 is 2.79 bits per heavy atom. The molecule has 0 amide bonds. The number of nitrogens with zero attached hydrogens (tertiary/aromatic N) is 6. The van der Waals surface area contributed by atoms with Gasteiger partial charge in [0, 0.05) is 26.7 Å². The number of para-hydroxylation sites is 2. The highest BCUT2D eigenvalue weighted by Crippen LogP contribution is 2.27. The zero-order chi connectivity index (χ0) is 23.2. The molecule has 0 spiro atoms. The predicted molar refractivity (Wildman–Crippen MR) is 122 cm³/mol. The number of hydrogen-bond acceptors (Lipinski definition) is 8. The number of rotatable bonds is 6. The fourth-order valence-corrected chi connectivity index (χ4v) is 4.38. The maximum atomic E-state index is 13.7. The molecule has 3 aromatic heterocycles. The van der Waals surface area contributed by atoms with Gasteiger partial charge in [0.15, 0.2) is 0 Å². The highest BCUT2D eigenvalue weighted by molar-refractivity contribution is 5.83. The molecular weight excluding hydrogens is 424 g/mol. The second-order valence-corrected chi connectivity index (χ2v) is 8.99. The van der Waals surface area contributed by atoms with E-state index < -0.39 is 5.60 Å². The molecule has 0 bridgehead atoms. The van der Waals surface area contributed by atoms with Crippen LogP contribution in [-0.4, -0.2) is 66.9 Å². The third-order valence-electron chi connectivity index (χ3n) is 6.43. The molecule has 10 nitrogen and oxygen atoms in total. The van der Waals surface area contributed by atoms with Crippen molar-refractivity contribution in [3.63, 3.8) is 0 Å². The van der Waals surface area contributed by atoms with Gasteiger partial charge in [-0.1, -0.05) is 17.3 Å². The number of piperidine rings is 1. The first-order chi connectivity index (χ1) is 15.9. The van der Waals surface area contributed by atoms with Crippen LogP contribution in [0.25, 0.3) is 28.1 Å². The summed E-state index contributed by atoms with van der Waals surface area (Å²) in [5, 5.41) is 14.1. The Morgan fingerprint density at radius 2 is 2.03 bits per heavy atom. The first-order valence-corrected chi connectivity index (χ1v) is 11.2. The van der Waals surface area contributed by atoms with Crippen molar-refractivity contribution in [1.29, 1.82) is 0 Å². The molecule has 5 rings (SSSR count). The van der Waals surface area contributed by atoms with Crippen LogP contribution in [0.1, 0.15) is 32.6 Å². The van der Waals surface area contributed by atoms with Crippen LogP contribution in [0, 0.1) is 0 Å². The largest absolute Gasteiger partial charge is 0.392 e. The summed E-state index contributed by atoms with van der Waals surface area (Å²) in [6, 6.07) is 7.76. The maximum absolute atomic E-state index is 13.7. The highest BCUT2D eigenvalue weighted by Gasteiger charge is 2.29. The Kier molecular flexibility index (Phi) is 5.51. The lowest BCUT2D eigenvalue weighted by atomic mass is 10.1. The summed E-state index contributed by atoms with van der Waals surface area (Å²) in [7, 11) is 1.57. The molecule has 1 saturated heterocycles. The third kappa shape index (κ3) is 3.84. The average Bonchev–Trinajstić information content (AvgIpc) is 3.47. The van der Waals surface area contributed by atoms with Crippen molar-refractivity contribution in [2.75, 3.05) is 26.7 Å². The first-order valence-electron chi connectivity index (χ1n) is 11.2. The lowest BCUT2D eigenvalue weighted by molar-refractivity contribution is -0.00786. The number of benzene rings is 1. The Hall–Kier alpha value is -3.08. The normalized spacial score (nSPS) is 17.9. The summed E-state index contributed by atoms with van der Waals surface area (Å²) in [4.78, 5) is 24.9. The zero-order valence-corrected chi connectivity index (χ0v) is 19.1. The maximum Gasteiger partial charge on any atom is 0.277 e. The number of β-amino-alcohol motifs (C(OH)–C–C–N with tert-alkyl or cyclic N) is 1. The second-order valence-electron chi connectivity index (χ2n) is 8.99. The van der Waals surface area contributed by atoms with E-state index in [0.29, 0.717) is 36.7 Å². The van der Waals surface area contributed by atoms with Gasteiger partial charge in [-0.15, -0.1) is 0 Å². The van der Waals surface area contributed by atoms with Crippen LogP contribution in [0.3, 0.4) is 0 Å². The van der Waals surface area contributed by atoms with Crippen molar-refractivity contribution in [2.24, 2.45) is 0 Å². The molecule has 1 fully saturated rings. The van der Waals surface area contributed by atoms with E-state index in [1.54, 1.807) is 22.4 Å². The van der Waals surface area contributed by atoms with E-state index in [4.69, 9.17) is 9.26 Å². The number of aliphatic hydroxyl groups excluding tert-OH is 1. The van der Waals surface area contributed by atoms with Gasteiger partial charge in [-0.25, -0.2) is 4.98 Å². The molecule has 174 valence electrons. The van der Waals surface area contributed by atoms with Gasteiger partial charge >= 0.3 is 0 Å². The molecule has 4 heterocycles. The number of aromatic nitrogens is 5. The minimum atomic E-state index is -0.757. The number of methoxy groups -OCH3 is 1.